The van der Waals surface area contributed by atoms with Crippen molar-refractivity contribution in [2.24, 2.45) is 17.6 Å². The normalized spacial score (nSPS) is 27.8. The van der Waals surface area contributed by atoms with Crippen LogP contribution in [0.4, 0.5) is 0 Å². The highest BCUT2D eigenvalue weighted by molar-refractivity contribution is 5.79. The minimum atomic E-state index is 0.0817. The molecule has 1 spiro atoms. The van der Waals surface area contributed by atoms with E-state index in [0.717, 1.165) is 57.0 Å². The molecule has 0 atom stereocenters. The Kier molecular flexibility index (Phi) is 4.48. The number of hydrogen-bond donors (Lipinski definition) is 1. The van der Waals surface area contributed by atoms with Gasteiger partial charge in [0.1, 0.15) is 5.75 Å². The molecule has 2 heterocycles. The van der Waals surface area contributed by atoms with E-state index >= 15 is 0 Å². The number of fused-ring (bicyclic) bond motifs is 2. The standard InChI is InChI=1S/C21H30N2O2/c1-15-2-5-17(6-3-15)20(24)23-10-8-21(9-11-23)14-25-19-7-4-16(13-22)12-18(19)21/h4,7,12,15,17H,2-3,5-6,8-11,13-14,22H2,1H3. The van der Waals surface area contributed by atoms with Crippen LogP contribution in [0.1, 0.15) is 56.6 Å². The number of hydrogen-bond acceptors (Lipinski definition) is 3. The molecule has 1 aromatic carbocycles. The van der Waals surface area contributed by atoms with Crippen LogP contribution < -0.4 is 10.5 Å². The monoisotopic (exact) mass is 342 g/mol. The van der Waals surface area contributed by atoms with E-state index in [1.165, 1.54) is 24.0 Å². The smallest absolute Gasteiger partial charge is 0.225 e. The molecule has 4 heteroatoms. The minimum Gasteiger partial charge on any atom is -0.492 e. The van der Waals surface area contributed by atoms with Gasteiger partial charge < -0.3 is 15.4 Å². The van der Waals surface area contributed by atoms with Crippen LogP contribution in [0.2, 0.25) is 0 Å². The fraction of sp³-hybridized carbons (Fsp3) is 0.667. The lowest BCUT2D eigenvalue weighted by molar-refractivity contribution is -0.138. The maximum atomic E-state index is 12.9. The predicted octanol–water partition coefficient (Wildman–Crippen LogP) is 3.22. The fourth-order valence-electron chi connectivity index (χ4n) is 4.87. The Bertz CT molecular complexity index is 641. The van der Waals surface area contributed by atoms with Crippen LogP contribution in [0.5, 0.6) is 5.75 Å². The minimum absolute atomic E-state index is 0.0817. The van der Waals surface area contributed by atoms with Gasteiger partial charge in [0.2, 0.25) is 5.91 Å². The first kappa shape index (κ1) is 16.9. The van der Waals surface area contributed by atoms with Crippen molar-refractivity contribution >= 4 is 5.91 Å². The van der Waals surface area contributed by atoms with Gasteiger partial charge in [-0.2, -0.15) is 0 Å². The summed E-state index contributed by atoms with van der Waals surface area (Å²) in [5.74, 6) is 2.47. The Labute approximate surface area is 150 Å². The van der Waals surface area contributed by atoms with Crippen LogP contribution in [0, 0.1) is 11.8 Å². The number of carbonyl (C=O) groups is 1. The predicted molar refractivity (Wildman–Crippen MR) is 98.4 cm³/mol. The highest BCUT2D eigenvalue weighted by Crippen LogP contribution is 2.46. The average Bonchev–Trinajstić information content (AvgIpc) is 3.00. The van der Waals surface area contributed by atoms with E-state index in [0.29, 0.717) is 12.5 Å². The lowest BCUT2D eigenvalue weighted by Gasteiger charge is -2.40. The lowest BCUT2D eigenvalue weighted by Crippen LogP contribution is -2.48. The van der Waals surface area contributed by atoms with Crippen LogP contribution in [0.25, 0.3) is 0 Å². The Morgan fingerprint density at radius 1 is 1.24 bits per heavy atom. The molecule has 0 radical (unpaired) electrons. The van der Waals surface area contributed by atoms with E-state index in [9.17, 15) is 4.79 Å². The number of likely N-dealkylation sites (tertiary alicyclic amines) is 1. The van der Waals surface area contributed by atoms with E-state index in [1.807, 2.05) is 0 Å². The SMILES string of the molecule is CC1CCC(C(=O)N2CCC3(CC2)COc2ccc(CN)cc23)CC1. The van der Waals surface area contributed by atoms with Gasteiger partial charge in [0, 0.05) is 36.5 Å². The summed E-state index contributed by atoms with van der Waals surface area (Å²) in [4.78, 5) is 15.0. The second kappa shape index (κ2) is 6.64. The van der Waals surface area contributed by atoms with Crippen molar-refractivity contribution < 1.29 is 9.53 Å². The molecule has 0 aromatic heterocycles. The third-order valence-corrected chi connectivity index (χ3v) is 6.75. The molecule has 1 amide bonds. The summed E-state index contributed by atoms with van der Waals surface area (Å²) in [5, 5.41) is 0. The van der Waals surface area contributed by atoms with Crippen molar-refractivity contribution in [3.63, 3.8) is 0 Å². The molecule has 2 N–H and O–H groups in total. The molecule has 1 saturated carbocycles. The van der Waals surface area contributed by atoms with Crippen LogP contribution in [0.3, 0.4) is 0 Å². The first-order valence-corrected chi connectivity index (χ1v) is 9.86. The maximum absolute atomic E-state index is 12.9. The molecule has 4 nitrogen and oxygen atoms in total. The molecule has 136 valence electrons. The van der Waals surface area contributed by atoms with E-state index in [2.05, 4.69) is 30.0 Å². The Balaban J connectivity index is 1.43. The van der Waals surface area contributed by atoms with Crippen LogP contribution in [0.15, 0.2) is 18.2 Å². The van der Waals surface area contributed by atoms with Gasteiger partial charge in [-0.3, -0.25) is 4.79 Å². The molecular weight excluding hydrogens is 312 g/mol. The number of amides is 1. The summed E-state index contributed by atoms with van der Waals surface area (Å²) in [6, 6.07) is 6.34. The summed E-state index contributed by atoms with van der Waals surface area (Å²) in [7, 11) is 0. The van der Waals surface area contributed by atoms with Crippen LogP contribution >= 0.6 is 0 Å². The lowest BCUT2D eigenvalue weighted by atomic mass is 9.73. The zero-order chi connectivity index (χ0) is 17.4. The molecular formula is C21H30N2O2. The quantitative estimate of drug-likeness (QED) is 0.898. The summed E-state index contributed by atoms with van der Waals surface area (Å²) in [5.41, 5.74) is 8.38. The molecule has 1 aliphatic carbocycles. The van der Waals surface area contributed by atoms with Crippen molar-refractivity contribution in [2.75, 3.05) is 19.7 Å². The van der Waals surface area contributed by atoms with Crippen LogP contribution in [-0.4, -0.2) is 30.5 Å². The summed E-state index contributed by atoms with van der Waals surface area (Å²) >= 11 is 0. The molecule has 25 heavy (non-hydrogen) atoms. The van der Waals surface area contributed by atoms with Crippen molar-refractivity contribution in [1.82, 2.24) is 4.90 Å². The number of rotatable bonds is 2. The van der Waals surface area contributed by atoms with Gasteiger partial charge in [0.15, 0.2) is 0 Å². The summed E-state index contributed by atoms with van der Waals surface area (Å²) in [6.45, 7) is 5.34. The Morgan fingerprint density at radius 3 is 2.64 bits per heavy atom. The van der Waals surface area contributed by atoms with Gasteiger partial charge in [-0.05, 0) is 56.1 Å². The second-order valence-electron chi connectivity index (χ2n) is 8.39. The molecule has 2 fully saturated rings. The fourth-order valence-corrected chi connectivity index (χ4v) is 4.87. The Morgan fingerprint density at radius 2 is 1.96 bits per heavy atom. The first-order chi connectivity index (χ1) is 12.1. The highest BCUT2D eigenvalue weighted by Gasteiger charge is 2.44. The van der Waals surface area contributed by atoms with E-state index in [4.69, 9.17) is 10.5 Å². The average molecular weight is 342 g/mol. The topological polar surface area (TPSA) is 55.6 Å². The molecule has 0 bridgehead atoms. The number of carbonyl (C=O) groups excluding carboxylic acids is 1. The van der Waals surface area contributed by atoms with Crippen molar-refractivity contribution in [3.05, 3.63) is 29.3 Å². The summed E-state index contributed by atoms with van der Waals surface area (Å²) in [6.07, 6.45) is 6.57. The molecule has 2 aliphatic heterocycles. The van der Waals surface area contributed by atoms with Gasteiger partial charge in [-0.15, -0.1) is 0 Å². The molecule has 0 unspecified atom stereocenters. The zero-order valence-corrected chi connectivity index (χ0v) is 15.3. The van der Waals surface area contributed by atoms with Crippen molar-refractivity contribution in [3.8, 4) is 5.75 Å². The van der Waals surface area contributed by atoms with Crippen molar-refractivity contribution in [2.45, 2.75) is 57.4 Å². The largest absolute Gasteiger partial charge is 0.492 e. The maximum Gasteiger partial charge on any atom is 0.225 e. The molecule has 1 saturated heterocycles. The number of benzene rings is 1. The van der Waals surface area contributed by atoms with Gasteiger partial charge in [-0.25, -0.2) is 0 Å². The zero-order valence-electron chi connectivity index (χ0n) is 15.3. The van der Waals surface area contributed by atoms with Gasteiger partial charge in [-0.1, -0.05) is 19.1 Å². The number of nitrogens with zero attached hydrogens (tertiary/aromatic N) is 1. The van der Waals surface area contributed by atoms with Gasteiger partial charge in [0.05, 0.1) is 6.61 Å². The van der Waals surface area contributed by atoms with Gasteiger partial charge >= 0.3 is 0 Å². The summed E-state index contributed by atoms with van der Waals surface area (Å²) < 4.78 is 5.97. The van der Waals surface area contributed by atoms with Crippen LogP contribution in [-0.2, 0) is 16.8 Å². The number of piperidine rings is 1. The molecule has 3 aliphatic rings. The second-order valence-corrected chi connectivity index (χ2v) is 8.39. The number of ether oxygens (including phenoxy) is 1. The third kappa shape index (κ3) is 3.05. The van der Waals surface area contributed by atoms with E-state index in [-0.39, 0.29) is 11.3 Å². The van der Waals surface area contributed by atoms with Gasteiger partial charge in [0.25, 0.3) is 0 Å². The van der Waals surface area contributed by atoms with Crippen molar-refractivity contribution in [1.29, 1.82) is 0 Å². The Hall–Kier alpha value is -1.55. The molecule has 4 rings (SSSR count). The molecule has 1 aromatic rings. The first-order valence-electron chi connectivity index (χ1n) is 9.86. The third-order valence-electron chi connectivity index (χ3n) is 6.75. The van der Waals surface area contributed by atoms with E-state index in [1.54, 1.807) is 0 Å². The van der Waals surface area contributed by atoms with E-state index < -0.39 is 0 Å². The number of nitrogens with two attached hydrogens (primary N) is 1. The highest BCUT2D eigenvalue weighted by atomic mass is 16.5.